The third kappa shape index (κ3) is 2.04. The zero-order valence-corrected chi connectivity index (χ0v) is 12.3. The van der Waals surface area contributed by atoms with Crippen LogP contribution in [0, 0.1) is 0 Å². The summed E-state index contributed by atoms with van der Waals surface area (Å²) in [6, 6.07) is 0. The number of nitrogens with one attached hydrogen (secondary N) is 1. The Balaban J connectivity index is 1.82. The highest BCUT2D eigenvalue weighted by Crippen LogP contribution is 2.26. The number of aromatic amines is 1. The van der Waals surface area contributed by atoms with E-state index in [1.54, 1.807) is 12.4 Å². The minimum Gasteiger partial charge on any atom is -0.343 e. The van der Waals surface area contributed by atoms with Gasteiger partial charge < -0.3 is 9.88 Å². The number of fused-ring (bicyclic) bond motifs is 1. The quantitative estimate of drug-likeness (QED) is 0.790. The summed E-state index contributed by atoms with van der Waals surface area (Å²) in [4.78, 5) is 27.4. The third-order valence-electron chi connectivity index (χ3n) is 3.83. The van der Waals surface area contributed by atoms with Gasteiger partial charge in [0.05, 0.1) is 0 Å². The number of nitrogens with zero attached hydrogens (tertiary/aromatic N) is 4. The summed E-state index contributed by atoms with van der Waals surface area (Å²) in [5.74, 6) is 0.693. The molecule has 1 saturated heterocycles. The smallest absolute Gasteiger partial charge is 0.274 e. The largest absolute Gasteiger partial charge is 0.343 e. The lowest BCUT2D eigenvalue weighted by Gasteiger charge is -2.26. The van der Waals surface area contributed by atoms with E-state index in [9.17, 15) is 4.79 Å². The fourth-order valence-corrected chi connectivity index (χ4v) is 3.52. The molecule has 1 amide bonds. The summed E-state index contributed by atoms with van der Waals surface area (Å²) in [6.45, 7) is 1.64. The molecule has 108 valence electrons. The van der Waals surface area contributed by atoms with Gasteiger partial charge in [-0.3, -0.25) is 9.20 Å². The molecule has 3 aromatic heterocycles. The lowest BCUT2D eigenvalue weighted by molar-refractivity contribution is 0.0720. The van der Waals surface area contributed by atoms with Crippen LogP contribution in [-0.4, -0.2) is 43.2 Å². The van der Waals surface area contributed by atoms with Crippen LogP contribution in [0.4, 0.5) is 0 Å². The van der Waals surface area contributed by atoms with E-state index >= 15 is 0 Å². The van der Waals surface area contributed by atoms with Gasteiger partial charge in [-0.1, -0.05) is 0 Å². The Bertz CT molecular complexity index is 767. The van der Waals surface area contributed by atoms with Crippen LogP contribution in [0.25, 0.3) is 16.5 Å². The van der Waals surface area contributed by atoms with E-state index in [1.165, 1.54) is 17.8 Å². The summed E-state index contributed by atoms with van der Waals surface area (Å²) < 4.78 is 1.93. The van der Waals surface area contributed by atoms with Crippen molar-refractivity contribution in [1.29, 1.82) is 0 Å². The molecular weight excluding hydrogens is 286 g/mol. The number of H-pyrrole nitrogens is 1. The fourth-order valence-electron chi connectivity index (χ4n) is 2.80. The Morgan fingerprint density at radius 1 is 1.29 bits per heavy atom. The van der Waals surface area contributed by atoms with Gasteiger partial charge in [0.25, 0.3) is 5.91 Å². The Hall–Kier alpha value is -2.15. The van der Waals surface area contributed by atoms with Crippen molar-refractivity contribution in [3.05, 3.63) is 29.7 Å². The van der Waals surface area contributed by atoms with Crippen LogP contribution in [0.2, 0.25) is 0 Å². The first kappa shape index (κ1) is 12.6. The lowest BCUT2D eigenvalue weighted by Crippen LogP contribution is -2.36. The average Bonchev–Trinajstić information content (AvgIpc) is 3.23. The van der Waals surface area contributed by atoms with Gasteiger partial charge in [-0.05, 0) is 19.3 Å². The maximum Gasteiger partial charge on any atom is 0.274 e. The summed E-state index contributed by atoms with van der Waals surface area (Å²) in [6.07, 6.45) is 8.73. The summed E-state index contributed by atoms with van der Waals surface area (Å²) in [7, 11) is 0. The van der Waals surface area contributed by atoms with Gasteiger partial charge in [0, 0.05) is 37.1 Å². The Morgan fingerprint density at radius 2 is 2.14 bits per heavy atom. The Morgan fingerprint density at radius 3 is 2.90 bits per heavy atom. The lowest BCUT2D eigenvalue weighted by atomic mass is 10.1. The molecule has 4 heterocycles. The number of imidazole rings is 2. The minimum atomic E-state index is 0.0111. The van der Waals surface area contributed by atoms with E-state index in [2.05, 4.69) is 15.0 Å². The molecule has 0 saturated carbocycles. The van der Waals surface area contributed by atoms with Crippen molar-refractivity contribution >= 4 is 22.2 Å². The van der Waals surface area contributed by atoms with Crippen LogP contribution in [0.1, 0.15) is 29.8 Å². The van der Waals surface area contributed by atoms with Gasteiger partial charge in [0.1, 0.15) is 5.69 Å². The van der Waals surface area contributed by atoms with E-state index in [0.29, 0.717) is 11.5 Å². The molecule has 1 aliphatic rings. The Kier molecular flexibility index (Phi) is 2.99. The molecule has 1 fully saturated rings. The molecule has 0 unspecified atom stereocenters. The van der Waals surface area contributed by atoms with E-state index < -0.39 is 0 Å². The van der Waals surface area contributed by atoms with Gasteiger partial charge in [-0.15, -0.1) is 11.3 Å². The van der Waals surface area contributed by atoms with Crippen LogP contribution >= 0.6 is 11.3 Å². The van der Waals surface area contributed by atoms with Gasteiger partial charge in [-0.25, -0.2) is 9.97 Å². The zero-order valence-electron chi connectivity index (χ0n) is 11.5. The van der Waals surface area contributed by atoms with Gasteiger partial charge in [0.2, 0.25) is 0 Å². The van der Waals surface area contributed by atoms with E-state index in [0.717, 1.165) is 36.6 Å². The second-order valence-electron chi connectivity index (χ2n) is 5.16. The molecule has 0 aliphatic carbocycles. The van der Waals surface area contributed by atoms with Crippen LogP contribution in [-0.2, 0) is 0 Å². The summed E-state index contributed by atoms with van der Waals surface area (Å²) >= 11 is 1.52. The molecule has 1 aliphatic heterocycles. The highest BCUT2D eigenvalue weighted by atomic mass is 32.1. The fraction of sp³-hybridized carbons (Fsp3) is 0.357. The number of amides is 1. The predicted molar refractivity (Wildman–Crippen MR) is 80.4 cm³/mol. The monoisotopic (exact) mass is 301 g/mol. The van der Waals surface area contributed by atoms with Crippen molar-refractivity contribution in [2.24, 2.45) is 0 Å². The number of carbonyl (C=O) groups excluding carboxylic acids is 1. The van der Waals surface area contributed by atoms with Crippen LogP contribution in [0.15, 0.2) is 24.0 Å². The molecule has 1 N–H and O–H groups in total. The number of aromatic nitrogens is 4. The molecule has 7 heteroatoms. The topological polar surface area (TPSA) is 66.3 Å². The number of hydrogen-bond acceptors (Lipinski definition) is 4. The molecule has 0 atom stereocenters. The number of rotatable bonds is 2. The molecule has 0 spiro atoms. The van der Waals surface area contributed by atoms with E-state index in [1.807, 2.05) is 20.9 Å². The zero-order chi connectivity index (χ0) is 14.2. The van der Waals surface area contributed by atoms with Crippen molar-refractivity contribution in [2.75, 3.05) is 13.1 Å². The first-order valence-corrected chi connectivity index (χ1v) is 7.97. The molecule has 21 heavy (non-hydrogen) atoms. The van der Waals surface area contributed by atoms with Crippen molar-refractivity contribution < 1.29 is 4.79 Å². The molecule has 0 radical (unpaired) electrons. The first-order valence-electron chi connectivity index (χ1n) is 7.09. The standard InChI is InChI=1S/C14H15N5OS/c20-13(18-6-2-1-3-7-18)10-11(12-15-4-5-16-12)19-8-9-21-14(19)17-10/h4-5,8-9H,1-3,6-7H2,(H,15,16). The highest BCUT2D eigenvalue weighted by Gasteiger charge is 2.27. The maximum absolute atomic E-state index is 12.8. The van der Waals surface area contributed by atoms with Crippen molar-refractivity contribution in [3.63, 3.8) is 0 Å². The van der Waals surface area contributed by atoms with Gasteiger partial charge >= 0.3 is 0 Å². The van der Waals surface area contributed by atoms with Crippen LogP contribution < -0.4 is 0 Å². The number of likely N-dealkylation sites (tertiary alicyclic amines) is 1. The second kappa shape index (κ2) is 5.00. The third-order valence-corrected chi connectivity index (χ3v) is 4.59. The van der Waals surface area contributed by atoms with Gasteiger partial charge in [0.15, 0.2) is 16.5 Å². The molecule has 3 aromatic rings. The normalized spacial score (nSPS) is 15.7. The number of thiazole rings is 1. The SMILES string of the molecule is O=C(c1nc2sccn2c1-c1ncc[nH]1)N1CCCCC1. The average molecular weight is 301 g/mol. The second-order valence-corrected chi connectivity index (χ2v) is 6.03. The highest BCUT2D eigenvalue weighted by molar-refractivity contribution is 7.15. The molecular formula is C14H15N5OS. The molecule has 0 bridgehead atoms. The van der Waals surface area contributed by atoms with Gasteiger partial charge in [-0.2, -0.15) is 0 Å². The molecule has 6 nitrogen and oxygen atoms in total. The van der Waals surface area contributed by atoms with E-state index in [-0.39, 0.29) is 5.91 Å². The Labute approximate surface area is 125 Å². The number of hydrogen-bond donors (Lipinski definition) is 1. The minimum absolute atomic E-state index is 0.0111. The van der Waals surface area contributed by atoms with Crippen LogP contribution in [0.3, 0.4) is 0 Å². The summed E-state index contributed by atoms with van der Waals surface area (Å²) in [5.41, 5.74) is 1.26. The van der Waals surface area contributed by atoms with Crippen molar-refractivity contribution in [3.8, 4) is 11.5 Å². The maximum atomic E-state index is 12.8. The molecule has 4 rings (SSSR count). The predicted octanol–water partition coefficient (Wildman–Crippen LogP) is 2.41. The first-order chi connectivity index (χ1) is 10.3. The van der Waals surface area contributed by atoms with Crippen molar-refractivity contribution in [2.45, 2.75) is 19.3 Å². The van der Waals surface area contributed by atoms with Crippen LogP contribution in [0.5, 0.6) is 0 Å². The number of carbonyl (C=O) groups is 1. The number of piperidine rings is 1. The summed E-state index contributed by atoms with van der Waals surface area (Å²) in [5, 5.41) is 1.96. The molecule has 0 aromatic carbocycles. The van der Waals surface area contributed by atoms with Crippen molar-refractivity contribution in [1.82, 2.24) is 24.3 Å². The van der Waals surface area contributed by atoms with E-state index in [4.69, 9.17) is 0 Å².